The Morgan fingerprint density at radius 1 is 1.26 bits per heavy atom. The first-order valence-electron chi connectivity index (χ1n) is 7.17. The van der Waals surface area contributed by atoms with Gasteiger partial charge in [-0.25, -0.2) is 4.39 Å². The van der Waals surface area contributed by atoms with Crippen molar-refractivity contribution in [3.05, 3.63) is 29.6 Å². The number of rotatable bonds is 1. The molecule has 19 heavy (non-hydrogen) atoms. The largest absolute Gasteiger partial charge is 0.505 e. The highest BCUT2D eigenvalue weighted by Gasteiger charge is 2.48. The molecule has 0 saturated heterocycles. The second-order valence-corrected chi connectivity index (χ2v) is 6.48. The number of aliphatic hydroxyl groups is 1. The highest BCUT2D eigenvalue weighted by Crippen LogP contribution is 2.55. The van der Waals surface area contributed by atoms with E-state index in [4.69, 9.17) is 0 Å². The van der Waals surface area contributed by atoms with Gasteiger partial charge in [-0.1, -0.05) is 13.0 Å². The molecule has 1 aromatic rings. The first-order chi connectivity index (χ1) is 9.00. The van der Waals surface area contributed by atoms with Crippen LogP contribution in [0.2, 0.25) is 0 Å². The number of halogens is 1. The number of hydrogen-bond donors (Lipinski definition) is 2. The third kappa shape index (κ3) is 2.04. The molecule has 3 heteroatoms. The van der Waals surface area contributed by atoms with Crippen LogP contribution in [0.15, 0.2) is 18.2 Å². The van der Waals surface area contributed by atoms with Crippen LogP contribution in [0.5, 0.6) is 5.75 Å². The third-order valence-electron chi connectivity index (χ3n) is 5.53. The van der Waals surface area contributed by atoms with Gasteiger partial charge in [-0.2, -0.15) is 0 Å². The van der Waals surface area contributed by atoms with Crippen LogP contribution in [-0.4, -0.2) is 16.3 Å². The molecule has 0 aromatic heterocycles. The molecule has 2 nitrogen and oxygen atoms in total. The number of aliphatic hydroxyl groups excluding tert-OH is 1. The smallest absolute Gasteiger partial charge is 0.165 e. The molecule has 0 radical (unpaired) electrons. The van der Waals surface area contributed by atoms with E-state index >= 15 is 0 Å². The van der Waals surface area contributed by atoms with Crippen LogP contribution in [0, 0.1) is 17.2 Å². The zero-order chi connectivity index (χ0) is 13.6. The van der Waals surface area contributed by atoms with Gasteiger partial charge in [-0.05, 0) is 67.1 Å². The van der Waals surface area contributed by atoms with E-state index in [0.717, 1.165) is 37.7 Å². The van der Waals surface area contributed by atoms with Gasteiger partial charge in [0.25, 0.3) is 0 Å². The van der Waals surface area contributed by atoms with Gasteiger partial charge in [0.1, 0.15) is 0 Å². The van der Waals surface area contributed by atoms with E-state index in [1.54, 1.807) is 0 Å². The molecule has 0 heterocycles. The molecule has 0 aliphatic heterocycles. The van der Waals surface area contributed by atoms with Crippen molar-refractivity contribution in [3.63, 3.8) is 0 Å². The van der Waals surface area contributed by atoms with Crippen LogP contribution in [0.25, 0.3) is 0 Å². The van der Waals surface area contributed by atoms with Crippen molar-refractivity contribution >= 4 is 0 Å². The maximum Gasteiger partial charge on any atom is 0.165 e. The van der Waals surface area contributed by atoms with E-state index in [-0.39, 0.29) is 17.3 Å². The summed E-state index contributed by atoms with van der Waals surface area (Å²) in [5, 5.41) is 19.4. The van der Waals surface area contributed by atoms with Crippen molar-refractivity contribution in [1.82, 2.24) is 0 Å². The Morgan fingerprint density at radius 2 is 2.05 bits per heavy atom. The summed E-state index contributed by atoms with van der Waals surface area (Å²) in [5.74, 6) is 0.0922. The summed E-state index contributed by atoms with van der Waals surface area (Å²) in [6.45, 7) is 2.20. The van der Waals surface area contributed by atoms with Gasteiger partial charge in [0.2, 0.25) is 0 Å². The lowest BCUT2D eigenvalue weighted by Gasteiger charge is -2.42. The van der Waals surface area contributed by atoms with Crippen molar-refractivity contribution in [1.29, 1.82) is 0 Å². The van der Waals surface area contributed by atoms with Crippen LogP contribution in [-0.2, 0) is 0 Å². The SMILES string of the molecule is C[C@]12CC[C@H](c3ccc(O)c(F)c3)CC1CC[C@@H]2O. The molecule has 2 aliphatic rings. The van der Waals surface area contributed by atoms with Crippen molar-refractivity contribution in [2.75, 3.05) is 0 Å². The van der Waals surface area contributed by atoms with Crippen LogP contribution in [0.4, 0.5) is 4.39 Å². The molecule has 0 spiro atoms. The molecule has 2 N–H and O–H groups in total. The summed E-state index contributed by atoms with van der Waals surface area (Å²) in [5.41, 5.74) is 1.05. The quantitative estimate of drug-likeness (QED) is 0.814. The summed E-state index contributed by atoms with van der Waals surface area (Å²) in [6, 6.07) is 4.74. The maximum absolute atomic E-state index is 13.4. The summed E-state index contributed by atoms with van der Waals surface area (Å²) >= 11 is 0. The van der Waals surface area contributed by atoms with Crippen LogP contribution in [0.3, 0.4) is 0 Å². The molecule has 2 aliphatic carbocycles. The Labute approximate surface area is 113 Å². The van der Waals surface area contributed by atoms with Crippen LogP contribution < -0.4 is 0 Å². The van der Waals surface area contributed by atoms with E-state index < -0.39 is 5.82 Å². The Morgan fingerprint density at radius 3 is 2.79 bits per heavy atom. The summed E-state index contributed by atoms with van der Waals surface area (Å²) in [4.78, 5) is 0. The van der Waals surface area contributed by atoms with Crippen molar-refractivity contribution in [2.24, 2.45) is 11.3 Å². The third-order valence-corrected chi connectivity index (χ3v) is 5.53. The summed E-state index contributed by atoms with van der Waals surface area (Å²) < 4.78 is 13.4. The van der Waals surface area contributed by atoms with E-state index in [0.29, 0.717) is 11.8 Å². The maximum atomic E-state index is 13.4. The second kappa shape index (κ2) is 4.48. The fourth-order valence-electron chi connectivity index (χ4n) is 4.07. The van der Waals surface area contributed by atoms with E-state index in [9.17, 15) is 14.6 Å². The zero-order valence-electron chi connectivity index (χ0n) is 11.3. The number of phenols is 1. The molecular weight excluding hydrogens is 243 g/mol. The lowest BCUT2D eigenvalue weighted by Crippen LogP contribution is -2.36. The molecule has 0 bridgehead atoms. The van der Waals surface area contributed by atoms with Crippen LogP contribution >= 0.6 is 0 Å². The number of fused-ring (bicyclic) bond motifs is 1. The number of hydrogen-bond acceptors (Lipinski definition) is 2. The van der Waals surface area contributed by atoms with Gasteiger partial charge < -0.3 is 10.2 Å². The van der Waals surface area contributed by atoms with E-state index in [1.165, 1.54) is 12.1 Å². The highest BCUT2D eigenvalue weighted by atomic mass is 19.1. The lowest BCUT2D eigenvalue weighted by molar-refractivity contribution is 0.00869. The standard InChI is InChI=1S/C16H21FO2/c1-16-7-6-11(8-12(16)3-5-15(16)19)10-2-4-14(18)13(17)9-10/h2,4,9,11-12,15,18-19H,3,5-8H2,1H3/t11-,12?,15-,16-/m0/s1. The Balaban J connectivity index is 1.80. The van der Waals surface area contributed by atoms with Gasteiger partial charge >= 0.3 is 0 Å². The molecule has 1 unspecified atom stereocenters. The predicted octanol–water partition coefficient (Wildman–Crippen LogP) is 3.58. The minimum Gasteiger partial charge on any atom is -0.505 e. The molecule has 2 saturated carbocycles. The molecule has 3 rings (SSSR count). The van der Waals surface area contributed by atoms with Gasteiger partial charge in [0, 0.05) is 0 Å². The Kier molecular flexibility index (Phi) is 3.05. The van der Waals surface area contributed by atoms with Crippen molar-refractivity contribution in [3.8, 4) is 5.75 Å². The highest BCUT2D eigenvalue weighted by molar-refractivity contribution is 5.30. The molecule has 104 valence electrons. The summed E-state index contributed by atoms with van der Waals surface area (Å²) in [6.07, 6.45) is 4.83. The monoisotopic (exact) mass is 264 g/mol. The molecule has 4 atom stereocenters. The zero-order valence-corrected chi connectivity index (χ0v) is 11.3. The first-order valence-corrected chi connectivity index (χ1v) is 7.17. The van der Waals surface area contributed by atoms with Gasteiger partial charge in [0.15, 0.2) is 11.6 Å². The van der Waals surface area contributed by atoms with Crippen molar-refractivity contribution in [2.45, 2.75) is 51.0 Å². The van der Waals surface area contributed by atoms with Crippen molar-refractivity contribution < 1.29 is 14.6 Å². The first kappa shape index (κ1) is 12.9. The van der Waals surface area contributed by atoms with E-state index in [1.807, 2.05) is 6.07 Å². The van der Waals surface area contributed by atoms with E-state index in [2.05, 4.69) is 6.92 Å². The van der Waals surface area contributed by atoms with Crippen LogP contribution in [0.1, 0.15) is 50.5 Å². The molecule has 0 amide bonds. The van der Waals surface area contributed by atoms with Gasteiger partial charge in [-0.15, -0.1) is 0 Å². The Bertz CT molecular complexity index is 488. The number of benzene rings is 1. The lowest BCUT2D eigenvalue weighted by atomic mass is 9.64. The second-order valence-electron chi connectivity index (χ2n) is 6.48. The number of aromatic hydroxyl groups is 1. The predicted molar refractivity (Wildman–Crippen MR) is 71.5 cm³/mol. The number of phenolic OH excluding ortho intramolecular Hbond substituents is 1. The molecular formula is C16H21FO2. The fraction of sp³-hybridized carbons (Fsp3) is 0.625. The minimum absolute atomic E-state index is 0.0615. The average molecular weight is 264 g/mol. The van der Waals surface area contributed by atoms with Gasteiger partial charge in [0.05, 0.1) is 6.10 Å². The average Bonchev–Trinajstić information content (AvgIpc) is 2.69. The normalized spacial score (nSPS) is 38.2. The minimum atomic E-state index is -0.530. The molecule has 1 aromatic carbocycles. The molecule has 2 fully saturated rings. The summed E-state index contributed by atoms with van der Waals surface area (Å²) in [7, 11) is 0. The fourth-order valence-corrected chi connectivity index (χ4v) is 4.07. The Hall–Kier alpha value is -1.09. The van der Waals surface area contributed by atoms with Gasteiger partial charge in [-0.3, -0.25) is 0 Å². The topological polar surface area (TPSA) is 40.5 Å².